The Labute approximate surface area is 78.2 Å². The molecular formula is C6H9IN2O2. The number of rotatable bonds is 2. The van der Waals surface area contributed by atoms with Crippen molar-refractivity contribution in [2.45, 2.75) is 29.4 Å². The Hall–Kier alpha value is -0.0700. The summed E-state index contributed by atoms with van der Waals surface area (Å²) in [7, 11) is 0. The van der Waals surface area contributed by atoms with Crippen LogP contribution in [0.25, 0.3) is 0 Å². The molecule has 0 aromatic rings. The van der Waals surface area contributed by atoms with Crippen molar-refractivity contribution in [3.05, 3.63) is 9.81 Å². The summed E-state index contributed by atoms with van der Waals surface area (Å²) in [4.78, 5) is 20.6. The fourth-order valence-electron chi connectivity index (χ4n) is 1.48. The SMILES string of the molecule is C[C@H]1C[C@@H](I)[C@H](N=O)[C@@H]1N=O. The molecule has 0 unspecified atom stereocenters. The molecule has 0 radical (unpaired) electrons. The van der Waals surface area contributed by atoms with Gasteiger partial charge >= 0.3 is 0 Å². The predicted molar refractivity (Wildman–Crippen MR) is 50.8 cm³/mol. The van der Waals surface area contributed by atoms with Crippen LogP contribution in [-0.2, 0) is 0 Å². The Balaban J connectivity index is 2.73. The normalized spacial score (nSPS) is 43.8. The molecule has 5 heteroatoms. The Bertz CT molecular complexity index is 158. The van der Waals surface area contributed by atoms with Crippen molar-refractivity contribution in [2.24, 2.45) is 16.3 Å². The van der Waals surface area contributed by atoms with E-state index < -0.39 is 12.1 Å². The van der Waals surface area contributed by atoms with Gasteiger partial charge in [0.05, 0.1) is 0 Å². The third kappa shape index (κ3) is 1.57. The predicted octanol–water partition coefficient (Wildman–Crippen LogP) is 2.10. The maximum atomic E-state index is 10.3. The van der Waals surface area contributed by atoms with E-state index in [9.17, 15) is 9.81 Å². The molecule has 0 amide bonds. The molecule has 0 aromatic carbocycles. The average molecular weight is 268 g/mol. The first-order chi connectivity index (χ1) is 5.20. The van der Waals surface area contributed by atoms with Crippen LogP contribution in [-0.4, -0.2) is 16.0 Å². The standard InChI is InChI=1S/C6H9IN2O2/c1-3-2-4(7)6(9-11)5(3)8-10/h3-6H,2H2,1H3/t3-,4+,5+,6-/m0/s1. The summed E-state index contributed by atoms with van der Waals surface area (Å²) in [6, 6.07) is -0.794. The van der Waals surface area contributed by atoms with Gasteiger partial charge in [-0.2, -0.15) is 9.81 Å². The highest BCUT2D eigenvalue weighted by Gasteiger charge is 2.42. The first-order valence-electron chi connectivity index (χ1n) is 3.49. The van der Waals surface area contributed by atoms with Crippen LogP contribution in [0.15, 0.2) is 10.4 Å². The van der Waals surface area contributed by atoms with Gasteiger partial charge < -0.3 is 0 Å². The minimum Gasteiger partial charge on any atom is -0.150 e. The summed E-state index contributed by atoms with van der Waals surface area (Å²) in [6.07, 6.45) is 0.868. The molecule has 0 spiro atoms. The summed E-state index contributed by atoms with van der Waals surface area (Å²) < 4.78 is 0.183. The van der Waals surface area contributed by atoms with Gasteiger partial charge in [-0.05, 0) is 12.3 Å². The zero-order valence-corrected chi connectivity index (χ0v) is 8.26. The van der Waals surface area contributed by atoms with Crippen molar-refractivity contribution in [1.82, 2.24) is 0 Å². The highest BCUT2D eigenvalue weighted by atomic mass is 127. The number of hydrogen-bond donors (Lipinski definition) is 0. The molecule has 4 nitrogen and oxygen atoms in total. The summed E-state index contributed by atoms with van der Waals surface area (Å²) in [5.74, 6) is 0.206. The van der Waals surface area contributed by atoms with E-state index in [1.54, 1.807) is 0 Å². The number of alkyl halides is 1. The molecule has 1 saturated carbocycles. The van der Waals surface area contributed by atoms with Gasteiger partial charge in [-0.25, -0.2) is 0 Å². The maximum absolute atomic E-state index is 10.3. The van der Waals surface area contributed by atoms with Crippen LogP contribution < -0.4 is 0 Å². The Kier molecular flexibility index (Phi) is 2.91. The van der Waals surface area contributed by atoms with E-state index in [0.29, 0.717) is 0 Å². The Morgan fingerprint density at radius 2 is 1.82 bits per heavy atom. The maximum Gasteiger partial charge on any atom is 0.130 e. The molecule has 0 heterocycles. The van der Waals surface area contributed by atoms with Crippen molar-refractivity contribution >= 4 is 22.6 Å². The highest BCUT2D eigenvalue weighted by molar-refractivity contribution is 14.1. The molecule has 0 aromatic heterocycles. The van der Waals surface area contributed by atoms with Gasteiger partial charge in [0.25, 0.3) is 0 Å². The third-order valence-electron chi connectivity index (χ3n) is 2.14. The summed E-state index contributed by atoms with van der Waals surface area (Å²) in [5.41, 5.74) is 0. The first-order valence-corrected chi connectivity index (χ1v) is 4.74. The highest BCUT2D eigenvalue weighted by Crippen LogP contribution is 2.35. The van der Waals surface area contributed by atoms with Crippen molar-refractivity contribution in [3.8, 4) is 0 Å². The van der Waals surface area contributed by atoms with Gasteiger partial charge in [0.1, 0.15) is 12.1 Å². The van der Waals surface area contributed by atoms with E-state index in [1.807, 2.05) is 6.92 Å². The summed E-state index contributed by atoms with van der Waals surface area (Å²) in [5, 5.41) is 5.84. The van der Waals surface area contributed by atoms with Gasteiger partial charge in [0.15, 0.2) is 0 Å². The second-order valence-corrected chi connectivity index (χ2v) is 4.52. The molecule has 0 saturated heterocycles. The monoisotopic (exact) mass is 268 g/mol. The van der Waals surface area contributed by atoms with E-state index in [0.717, 1.165) is 6.42 Å². The van der Waals surface area contributed by atoms with E-state index in [-0.39, 0.29) is 9.84 Å². The van der Waals surface area contributed by atoms with Crippen molar-refractivity contribution in [3.63, 3.8) is 0 Å². The van der Waals surface area contributed by atoms with Crippen molar-refractivity contribution in [2.75, 3.05) is 0 Å². The van der Waals surface area contributed by atoms with E-state index in [4.69, 9.17) is 0 Å². The zero-order chi connectivity index (χ0) is 8.43. The fourth-order valence-corrected chi connectivity index (χ4v) is 2.84. The average Bonchev–Trinajstić information content (AvgIpc) is 2.24. The zero-order valence-electron chi connectivity index (χ0n) is 6.11. The van der Waals surface area contributed by atoms with Gasteiger partial charge in [0, 0.05) is 3.92 Å². The number of halogens is 1. The molecule has 1 aliphatic carbocycles. The van der Waals surface area contributed by atoms with Crippen molar-refractivity contribution < 1.29 is 0 Å². The van der Waals surface area contributed by atoms with Gasteiger partial charge in [0.2, 0.25) is 0 Å². The molecular weight excluding hydrogens is 259 g/mol. The van der Waals surface area contributed by atoms with Crippen LogP contribution in [0, 0.1) is 15.7 Å². The largest absolute Gasteiger partial charge is 0.150 e. The summed E-state index contributed by atoms with van der Waals surface area (Å²) >= 11 is 2.16. The lowest BCUT2D eigenvalue weighted by atomic mass is 10.1. The number of hydrogen-bond acceptors (Lipinski definition) is 4. The molecule has 1 rings (SSSR count). The van der Waals surface area contributed by atoms with Crippen LogP contribution in [0.2, 0.25) is 0 Å². The van der Waals surface area contributed by atoms with Gasteiger partial charge in [-0.15, -0.1) is 0 Å². The van der Waals surface area contributed by atoms with E-state index in [1.165, 1.54) is 0 Å². The third-order valence-corrected chi connectivity index (χ3v) is 3.39. The molecule has 1 fully saturated rings. The molecule has 1 aliphatic rings. The van der Waals surface area contributed by atoms with Crippen LogP contribution in [0.1, 0.15) is 13.3 Å². The van der Waals surface area contributed by atoms with Crippen LogP contribution in [0.4, 0.5) is 0 Å². The minimum absolute atomic E-state index is 0.183. The van der Waals surface area contributed by atoms with Crippen molar-refractivity contribution in [1.29, 1.82) is 0 Å². The van der Waals surface area contributed by atoms with Crippen LogP contribution in [0.5, 0.6) is 0 Å². The topological polar surface area (TPSA) is 58.9 Å². The molecule has 62 valence electrons. The smallest absolute Gasteiger partial charge is 0.130 e. The molecule has 4 atom stereocenters. The summed E-state index contributed by atoms with van der Waals surface area (Å²) in [6.45, 7) is 1.93. The van der Waals surface area contributed by atoms with E-state index >= 15 is 0 Å². The second kappa shape index (κ2) is 3.55. The van der Waals surface area contributed by atoms with Crippen LogP contribution >= 0.6 is 22.6 Å². The lowest BCUT2D eigenvalue weighted by Crippen LogP contribution is -2.23. The quantitative estimate of drug-likeness (QED) is 0.437. The first kappa shape index (κ1) is 9.02. The second-order valence-electron chi connectivity index (χ2n) is 2.92. The fraction of sp³-hybridized carbons (Fsp3) is 1.00. The van der Waals surface area contributed by atoms with Gasteiger partial charge in [-0.3, -0.25) is 0 Å². The van der Waals surface area contributed by atoms with Crippen LogP contribution in [0.3, 0.4) is 0 Å². The molecule has 0 bridgehead atoms. The molecule has 0 aliphatic heterocycles. The minimum atomic E-state index is -0.400. The number of nitroso groups, excluding NO2 is 2. The Morgan fingerprint density at radius 3 is 2.18 bits per heavy atom. The van der Waals surface area contributed by atoms with E-state index in [2.05, 4.69) is 32.9 Å². The lowest BCUT2D eigenvalue weighted by molar-refractivity contribution is 0.496. The van der Waals surface area contributed by atoms with Gasteiger partial charge in [-0.1, -0.05) is 39.9 Å². The molecule has 0 N–H and O–H groups in total. The molecule has 11 heavy (non-hydrogen) atoms. The number of nitrogens with zero attached hydrogens (tertiary/aromatic N) is 2. The lowest BCUT2D eigenvalue weighted by Gasteiger charge is -2.07. The Morgan fingerprint density at radius 1 is 1.27 bits per heavy atom.